The van der Waals surface area contributed by atoms with Crippen molar-refractivity contribution in [3.8, 4) is 0 Å². The van der Waals surface area contributed by atoms with E-state index in [1.165, 1.54) is 23.3 Å². The van der Waals surface area contributed by atoms with E-state index in [0.29, 0.717) is 19.4 Å². The minimum Gasteiger partial charge on any atom is -0.459 e. The fourth-order valence-electron chi connectivity index (χ4n) is 2.63. The second-order valence-electron chi connectivity index (χ2n) is 5.25. The minimum absolute atomic E-state index is 0.0386. The first kappa shape index (κ1) is 15.6. The predicted molar refractivity (Wildman–Crippen MR) is 82.8 cm³/mol. The number of carbonyl (C=O) groups excluding carboxylic acids is 2. The fraction of sp³-hybridized carbons (Fsp3) is 0.250. The molecule has 1 unspecified atom stereocenters. The molecule has 0 radical (unpaired) electrons. The molecule has 1 fully saturated rings. The molecule has 1 N–H and O–H groups in total. The Labute approximate surface area is 137 Å². The standard InChI is InChI=1S/C16H14ClFN2O3/c17-10-5-6-12(11(18)9-10)19-15(21)13-3-1-7-20(13)16(22)14-4-2-8-23-14/h2,4-6,8-9,13H,1,3,7H2,(H,19,21). The first-order valence-corrected chi connectivity index (χ1v) is 7.54. The summed E-state index contributed by atoms with van der Waals surface area (Å²) in [6.07, 6.45) is 2.63. The highest BCUT2D eigenvalue weighted by Gasteiger charge is 2.35. The molecule has 2 aromatic rings. The van der Waals surface area contributed by atoms with Crippen molar-refractivity contribution in [2.75, 3.05) is 11.9 Å². The number of nitrogens with one attached hydrogen (secondary N) is 1. The summed E-state index contributed by atoms with van der Waals surface area (Å²) in [6, 6.07) is 6.51. The van der Waals surface area contributed by atoms with Crippen molar-refractivity contribution < 1.29 is 18.4 Å². The Kier molecular flexibility index (Phi) is 4.34. The van der Waals surface area contributed by atoms with Crippen LogP contribution in [0, 0.1) is 5.82 Å². The van der Waals surface area contributed by atoms with Crippen LogP contribution in [0.3, 0.4) is 0 Å². The molecule has 1 saturated heterocycles. The number of nitrogens with zero attached hydrogens (tertiary/aromatic N) is 1. The highest BCUT2D eigenvalue weighted by Crippen LogP contribution is 2.24. The summed E-state index contributed by atoms with van der Waals surface area (Å²) in [4.78, 5) is 26.2. The van der Waals surface area contributed by atoms with Crippen molar-refractivity contribution in [3.63, 3.8) is 0 Å². The highest BCUT2D eigenvalue weighted by atomic mass is 35.5. The molecule has 0 spiro atoms. The fourth-order valence-corrected chi connectivity index (χ4v) is 2.79. The SMILES string of the molecule is O=C(Nc1ccc(Cl)cc1F)C1CCCN1C(=O)c1ccco1. The van der Waals surface area contributed by atoms with Crippen LogP contribution in [-0.2, 0) is 4.79 Å². The molecule has 0 bridgehead atoms. The molecular formula is C16H14ClFN2O3. The molecule has 1 aromatic heterocycles. The lowest BCUT2D eigenvalue weighted by Gasteiger charge is -2.23. The monoisotopic (exact) mass is 336 g/mol. The van der Waals surface area contributed by atoms with E-state index in [4.69, 9.17) is 16.0 Å². The topological polar surface area (TPSA) is 62.6 Å². The minimum atomic E-state index is -0.650. The first-order valence-electron chi connectivity index (χ1n) is 7.16. The van der Waals surface area contributed by atoms with Gasteiger partial charge in [0.15, 0.2) is 5.76 Å². The van der Waals surface area contributed by atoms with Crippen LogP contribution in [0.2, 0.25) is 5.02 Å². The van der Waals surface area contributed by atoms with Gasteiger partial charge in [-0.25, -0.2) is 4.39 Å². The maximum absolute atomic E-state index is 13.8. The van der Waals surface area contributed by atoms with Crippen molar-refractivity contribution >= 4 is 29.1 Å². The smallest absolute Gasteiger partial charge is 0.290 e. The largest absolute Gasteiger partial charge is 0.459 e. The Bertz CT molecular complexity index is 733. The van der Waals surface area contributed by atoms with Gasteiger partial charge in [-0.05, 0) is 43.2 Å². The molecule has 7 heteroatoms. The van der Waals surface area contributed by atoms with Crippen LogP contribution in [0.25, 0.3) is 0 Å². The second kappa shape index (κ2) is 6.42. The number of hydrogen-bond acceptors (Lipinski definition) is 3. The number of furan rings is 1. The van der Waals surface area contributed by atoms with E-state index < -0.39 is 17.8 Å². The average molecular weight is 337 g/mol. The summed E-state index contributed by atoms with van der Waals surface area (Å²) in [7, 11) is 0. The summed E-state index contributed by atoms with van der Waals surface area (Å²) in [5, 5.41) is 2.76. The van der Waals surface area contributed by atoms with E-state index in [9.17, 15) is 14.0 Å². The van der Waals surface area contributed by atoms with Crippen LogP contribution < -0.4 is 5.32 Å². The number of rotatable bonds is 3. The van der Waals surface area contributed by atoms with Crippen molar-refractivity contribution in [1.82, 2.24) is 4.90 Å². The van der Waals surface area contributed by atoms with E-state index in [1.54, 1.807) is 12.1 Å². The molecule has 1 aromatic carbocycles. The number of benzene rings is 1. The number of halogens is 2. The zero-order valence-electron chi connectivity index (χ0n) is 12.1. The van der Waals surface area contributed by atoms with Gasteiger partial charge in [0, 0.05) is 11.6 Å². The number of anilines is 1. The number of hydrogen-bond donors (Lipinski definition) is 1. The lowest BCUT2D eigenvalue weighted by molar-refractivity contribution is -0.119. The maximum atomic E-state index is 13.8. The molecule has 1 aliphatic heterocycles. The van der Waals surface area contributed by atoms with Gasteiger partial charge in [0.25, 0.3) is 5.91 Å². The van der Waals surface area contributed by atoms with E-state index >= 15 is 0 Å². The quantitative estimate of drug-likeness (QED) is 0.935. The molecule has 0 saturated carbocycles. The first-order chi connectivity index (χ1) is 11.1. The van der Waals surface area contributed by atoms with Crippen molar-refractivity contribution in [1.29, 1.82) is 0 Å². The van der Waals surface area contributed by atoms with E-state index in [0.717, 1.165) is 6.07 Å². The molecule has 2 amide bonds. The summed E-state index contributed by atoms with van der Waals surface area (Å²) < 4.78 is 18.9. The molecule has 3 rings (SSSR count). The molecule has 0 aliphatic carbocycles. The van der Waals surface area contributed by atoms with Gasteiger partial charge in [0.2, 0.25) is 5.91 Å². The summed E-state index contributed by atoms with van der Waals surface area (Å²) >= 11 is 5.69. The Morgan fingerprint density at radius 3 is 2.87 bits per heavy atom. The molecular weight excluding hydrogens is 323 g/mol. The van der Waals surface area contributed by atoms with Gasteiger partial charge in [-0.2, -0.15) is 0 Å². The van der Waals surface area contributed by atoms with Crippen LogP contribution in [0.1, 0.15) is 23.4 Å². The van der Waals surface area contributed by atoms with Crippen LogP contribution in [0.4, 0.5) is 10.1 Å². The van der Waals surface area contributed by atoms with Crippen molar-refractivity contribution in [2.24, 2.45) is 0 Å². The predicted octanol–water partition coefficient (Wildman–Crippen LogP) is 3.32. The third-order valence-corrected chi connectivity index (χ3v) is 3.97. The van der Waals surface area contributed by atoms with Gasteiger partial charge < -0.3 is 14.6 Å². The van der Waals surface area contributed by atoms with Gasteiger partial charge in [0.1, 0.15) is 11.9 Å². The van der Waals surface area contributed by atoms with Crippen LogP contribution in [0.5, 0.6) is 0 Å². The van der Waals surface area contributed by atoms with Crippen LogP contribution in [-0.4, -0.2) is 29.3 Å². The van der Waals surface area contributed by atoms with Crippen molar-refractivity contribution in [2.45, 2.75) is 18.9 Å². The normalized spacial score (nSPS) is 17.3. The molecule has 1 atom stereocenters. The third-order valence-electron chi connectivity index (χ3n) is 3.74. The molecule has 1 aliphatic rings. The maximum Gasteiger partial charge on any atom is 0.290 e. The molecule has 23 heavy (non-hydrogen) atoms. The summed E-state index contributed by atoms with van der Waals surface area (Å²) in [5.41, 5.74) is 0.0386. The summed E-state index contributed by atoms with van der Waals surface area (Å²) in [5.74, 6) is -1.21. The van der Waals surface area contributed by atoms with Crippen molar-refractivity contribution in [3.05, 3.63) is 53.2 Å². The van der Waals surface area contributed by atoms with E-state index in [2.05, 4.69) is 5.32 Å². The van der Waals surface area contributed by atoms with E-state index in [-0.39, 0.29) is 22.4 Å². The number of carbonyl (C=O) groups is 2. The van der Waals surface area contributed by atoms with Gasteiger partial charge in [-0.3, -0.25) is 9.59 Å². The average Bonchev–Trinajstić information content (AvgIpc) is 3.20. The second-order valence-corrected chi connectivity index (χ2v) is 5.68. The number of likely N-dealkylation sites (tertiary alicyclic amines) is 1. The van der Waals surface area contributed by atoms with Gasteiger partial charge in [-0.15, -0.1) is 0 Å². The zero-order valence-corrected chi connectivity index (χ0v) is 12.8. The van der Waals surface area contributed by atoms with Gasteiger partial charge in [-0.1, -0.05) is 11.6 Å². The van der Waals surface area contributed by atoms with Crippen LogP contribution in [0.15, 0.2) is 41.0 Å². The zero-order chi connectivity index (χ0) is 16.4. The Balaban J connectivity index is 1.74. The Morgan fingerprint density at radius 1 is 1.35 bits per heavy atom. The molecule has 2 heterocycles. The highest BCUT2D eigenvalue weighted by molar-refractivity contribution is 6.30. The molecule has 5 nitrogen and oxygen atoms in total. The Morgan fingerprint density at radius 2 is 2.17 bits per heavy atom. The lowest BCUT2D eigenvalue weighted by atomic mass is 10.2. The van der Waals surface area contributed by atoms with Crippen LogP contribution >= 0.6 is 11.6 Å². The van der Waals surface area contributed by atoms with Gasteiger partial charge >= 0.3 is 0 Å². The van der Waals surface area contributed by atoms with Gasteiger partial charge in [0.05, 0.1) is 12.0 Å². The number of amides is 2. The van der Waals surface area contributed by atoms with E-state index in [1.807, 2.05) is 0 Å². The molecule has 120 valence electrons. The third kappa shape index (κ3) is 3.22. The lowest BCUT2D eigenvalue weighted by Crippen LogP contribution is -2.43. The Hall–Kier alpha value is -2.34. The summed E-state index contributed by atoms with van der Waals surface area (Å²) in [6.45, 7) is 0.459.